The van der Waals surface area contributed by atoms with Crippen LogP contribution in [-0.2, 0) is 4.79 Å². The van der Waals surface area contributed by atoms with Crippen LogP contribution in [0.25, 0.3) is 0 Å². The molecule has 1 aliphatic rings. The topological polar surface area (TPSA) is 79.5 Å². The maximum absolute atomic E-state index is 12.1. The highest BCUT2D eigenvalue weighted by molar-refractivity contribution is 6.30. The molecule has 26 heavy (non-hydrogen) atoms. The minimum Gasteiger partial charge on any atom is -0.410 e. The average Bonchev–Trinajstić information content (AvgIpc) is 2.99. The van der Waals surface area contributed by atoms with Crippen molar-refractivity contribution in [3.8, 4) is 5.75 Å². The Morgan fingerprint density at radius 2 is 2.00 bits per heavy atom. The number of carbonyl (C=O) groups is 2. The predicted octanol–water partition coefficient (Wildman–Crippen LogP) is 3.99. The highest BCUT2D eigenvalue weighted by Crippen LogP contribution is 2.36. The van der Waals surface area contributed by atoms with E-state index in [0.717, 1.165) is 24.2 Å². The van der Waals surface area contributed by atoms with Crippen molar-refractivity contribution in [2.75, 3.05) is 23.7 Å². The first-order valence-corrected chi connectivity index (χ1v) is 8.76. The lowest BCUT2D eigenvalue weighted by Crippen LogP contribution is -2.23. The number of carbonyl (C=O) groups excluding carboxylic acids is 2. The third-order valence-electron chi connectivity index (χ3n) is 4.17. The number of hydrogen-bond acceptors (Lipinski definition) is 4. The number of amides is 2. The van der Waals surface area contributed by atoms with Crippen molar-refractivity contribution in [3.05, 3.63) is 53.1 Å². The van der Waals surface area contributed by atoms with Crippen molar-refractivity contribution >= 4 is 35.0 Å². The molecule has 1 atom stereocenters. The zero-order valence-electron chi connectivity index (χ0n) is 14.3. The van der Waals surface area contributed by atoms with Crippen LogP contribution in [0.2, 0.25) is 5.02 Å². The lowest BCUT2D eigenvalue weighted by molar-refractivity contribution is -0.118. The molecule has 0 aromatic heterocycles. The molecule has 3 N–H and O–H groups in total. The molecule has 0 fully saturated rings. The number of ether oxygens (including phenoxy) is 1. The molecule has 6 nitrogen and oxygen atoms in total. The van der Waals surface area contributed by atoms with Crippen LogP contribution in [0.5, 0.6) is 5.75 Å². The van der Waals surface area contributed by atoms with Crippen LogP contribution in [-0.4, -0.2) is 25.1 Å². The van der Waals surface area contributed by atoms with Crippen LogP contribution in [0.4, 0.5) is 16.2 Å². The van der Waals surface area contributed by atoms with Gasteiger partial charge in [-0.15, -0.1) is 0 Å². The van der Waals surface area contributed by atoms with E-state index in [9.17, 15) is 9.59 Å². The smallest absolute Gasteiger partial charge is 0.410 e. The molecule has 2 aromatic rings. The molecule has 0 saturated carbocycles. The van der Waals surface area contributed by atoms with Crippen LogP contribution in [0.3, 0.4) is 0 Å². The van der Waals surface area contributed by atoms with Crippen molar-refractivity contribution in [2.24, 2.45) is 0 Å². The molecule has 0 radical (unpaired) electrons. The fraction of sp³-hybridized carbons (Fsp3) is 0.263. The second-order valence-electron chi connectivity index (χ2n) is 6.12. The normalized spacial score (nSPS) is 14.9. The highest BCUT2D eigenvalue weighted by Gasteiger charge is 2.23. The van der Waals surface area contributed by atoms with Gasteiger partial charge in [0.25, 0.3) is 0 Å². The summed E-state index contributed by atoms with van der Waals surface area (Å²) in [7, 11) is 0. The van der Waals surface area contributed by atoms with Gasteiger partial charge < -0.3 is 15.4 Å². The number of halogens is 1. The maximum atomic E-state index is 12.1. The summed E-state index contributed by atoms with van der Waals surface area (Å²) in [5.41, 5.74) is 2.73. The first-order valence-electron chi connectivity index (χ1n) is 8.38. The van der Waals surface area contributed by atoms with Gasteiger partial charge in [-0.2, -0.15) is 0 Å². The van der Waals surface area contributed by atoms with Gasteiger partial charge >= 0.3 is 6.09 Å². The van der Waals surface area contributed by atoms with Gasteiger partial charge in [0.2, 0.25) is 5.91 Å². The zero-order chi connectivity index (χ0) is 18.5. The first kappa shape index (κ1) is 18.1. The third-order valence-corrected chi connectivity index (χ3v) is 4.42. The Bertz CT molecular complexity index is 808. The molecular weight excluding hydrogens is 354 g/mol. The Labute approximate surface area is 156 Å². The van der Waals surface area contributed by atoms with E-state index in [0.29, 0.717) is 23.0 Å². The second-order valence-corrected chi connectivity index (χ2v) is 6.56. The summed E-state index contributed by atoms with van der Waals surface area (Å²) in [6.07, 6.45) is 0.257. The molecule has 0 spiro atoms. The van der Waals surface area contributed by atoms with Crippen LogP contribution in [0, 0.1) is 0 Å². The fourth-order valence-electron chi connectivity index (χ4n) is 2.91. The Kier molecular flexibility index (Phi) is 5.63. The molecular formula is C19H20ClN3O3. The van der Waals surface area contributed by atoms with Gasteiger partial charge in [0.05, 0.1) is 0 Å². The van der Waals surface area contributed by atoms with Gasteiger partial charge in [0.1, 0.15) is 5.75 Å². The van der Waals surface area contributed by atoms with Crippen molar-refractivity contribution < 1.29 is 14.3 Å². The number of nitrogens with one attached hydrogen (secondary N) is 3. The van der Waals surface area contributed by atoms with E-state index in [1.807, 2.05) is 12.1 Å². The van der Waals surface area contributed by atoms with E-state index in [1.165, 1.54) is 6.92 Å². The lowest BCUT2D eigenvalue weighted by atomic mass is 9.97. The molecule has 1 aliphatic heterocycles. The highest BCUT2D eigenvalue weighted by atomic mass is 35.5. The van der Waals surface area contributed by atoms with Crippen molar-refractivity contribution in [2.45, 2.75) is 19.3 Å². The van der Waals surface area contributed by atoms with Crippen LogP contribution in [0.1, 0.15) is 24.8 Å². The molecule has 7 heteroatoms. The monoisotopic (exact) mass is 373 g/mol. The van der Waals surface area contributed by atoms with Gasteiger partial charge in [-0.3, -0.25) is 10.1 Å². The van der Waals surface area contributed by atoms with E-state index in [4.69, 9.17) is 16.3 Å². The van der Waals surface area contributed by atoms with Gasteiger partial charge in [-0.05, 0) is 54.4 Å². The summed E-state index contributed by atoms with van der Waals surface area (Å²) in [6, 6.07) is 12.3. The second kappa shape index (κ2) is 8.10. The maximum Gasteiger partial charge on any atom is 0.417 e. The molecule has 2 aromatic carbocycles. The zero-order valence-corrected chi connectivity index (χ0v) is 15.1. The quantitative estimate of drug-likeness (QED) is 0.740. The molecule has 0 bridgehead atoms. The van der Waals surface area contributed by atoms with Gasteiger partial charge in [-0.1, -0.05) is 11.6 Å². The summed E-state index contributed by atoms with van der Waals surface area (Å²) in [5.74, 6) is 0.704. The number of benzene rings is 2. The van der Waals surface area contributed by atoms with E-state index < -0.39 is 6.09 Å². The van der Waals surface area contributed by atoms with Gasteiger partial charge in [0, 0.05) is 42.3 Å². The van der Waals surface area contributed by atoms with E-state index in [1.54, 1.807) is 30.3 Å². The predicted molar refractivity (Wildman–Crippen MR) is 102 cm³/mol. The summed E-state index contributed by atoms with van der Waals surface area (Å²) < 4.78 is 5.38. The van der Waals surface area contributed by atoms with Crippen molar-refractivity contribution in [1.82, 2.24) is 5.32 Å². The third kappa shape index (κ3) is 4.67. The van der Waals surface area contributed by atoms with Gasteiger partial charge in [0.15, 0.2) is 0 Å². The van der Waals surface area contributed by atoms with Crippen molar-refractivity contribution in [3.63, 3.8) is 0 Å². The number of hydrogen-bond donors (Lipinski definition) is 3. The Hall–Kier alpha value is -2.73. The number of rotatable bonds is 5. The largest absolute Gasteiger partial charge is 0.417 e. The Morgan fingerprint density at radius 3 is 2.73 bits per heavy atom. The SMILES string of the molecule is CC(=O)NCCC1CNc2ccc(OC(=O)Nc3ccc(Cl)cc3)cc21. The fourth-order valence-corrected chi connectivity index (χ4v) is 3.04. The molecule has 1 heterocycles. The minimum absolute atomic E-state index is 0.0351. The van der Waals surface area contributed by atoms with Crippen LogP contribution in [0.15, 0.2) is 42.5 Å². The molecule has 3 rings (SSSR count). The average molecular weight is 374 g/mol. The van der Waals surface area contributed by atoms with Crippen molar-refractivity contribution in [1.29, 1.82) is 0 Å². The van der Waals surface area contributed by atoms with E-state index in [2.05, 4.69) is 16.0 Å². The Morgan fingerprint density at radius 1 is 1.23 bits per heavy atom. The number of anilines is 2. The molecule has 2 amide bonds. The minimum atomic E-state index is -0.562. The number of fused-ring (bicyclic) bond motifs is 1. The van der Waals surface area contributed by atoms with Crippen LogP contribution >= 0.6 is 11.6 Å². The molecule has 136 valence electrons. The van der Waals surface area contributed by atoms with E-state index in [-0.39, 0.29) is 11.8 Å². The first-order chi connectivity index (χ1) is 12.5. The molecule has 0 aliphatic carbocycles. The summed E-state index contributed by atoms with van der Waals surface area (Å²) in [4.78, 5) is 23.1. The molecule has 1 unspecified atom stereocenters. The summed E-state index contributed by atoms with van der Waals surface area (Å²) in [6.45, 7) is 2.92. The lowest BCUT2D eigenvalue weighted by Gasteiger charge is -2.12. The summed E-state index contributed by atoms with van der Waals surface area (Å²) >= 11 is 5.83. The van der Waals surface area contributed by atoms with Crippen LogP contribution < -0.4 is 20.7 Å². The van der Waals surface area contributed by atoms with Gasteiger partial charge in [-0.25, -0.2) is 4.79 Å². The molecule has 0 saturated heterocycles. The standard InChI is InChI=1S/C19H20ClN3O3/c1-12(24)21-9-8-13-11-22-18-7-6-16(10-17(13)18)26-19(25)23-15-4-2-14(20)3-5-15/h2-7,10,13,22H,8-9,11H2,1H3,(H,21,24)(H,23,25). The Balaban J connectivity index is 1.61. The van der Waals surface area contributed by atoms with E-state index >= 15 is 0 Å². The summed E-state index contributed by atoms with van der Waals surface area (Å²) in [5, 5.41) is 9.40.